The molecule has 0 radical (unpaired) electrons. The summed E-state index contributed by atoms with van der Waals surface area (Å²) in [5.41, 5.74) is 0.905. The van der Waals surface area contributed by atoms with Crippen molar-refractivity contribution in [3.05, 3.63) is 23.8 Å². The Bertz CT molecular complexity index is 504. The van der Waals surface area contributed by atoms with E-state index in [0.29, 0.717) is 17.9 Å². The Morgan fingerprint density at radius 2 is 1.61 bits per heavy atom. The second kappa shape index (κ2) is 8.31. The molecule has 0 aromatic heterocycles. The van der Waals surface area contributed by atoms with E-state index in [1.54, 1.807) is 0 Å². The lowest BCUT2D eigenvalue weighted by molar-refractivity contribution is -0.119. The quantitative estimate of drug-likeness (QED) is 0.753. The fraction of sp³-hybridized carbons (Fsp3) is 0.611. The highest BCUT2D eigenvalue weighted by atomic mass is 16.7. The Hall–Kier alpha value is -1.59. The predicted octanol–water partition coefficient (Wildman–Crippen LogP) is 3.24. The number of aldehydes is 1. The maximum atomic E-state index is 10.8. The van der Waals surface area contributed by atoms with E-state index in [1.807, 2.05) is 18.2 Å². The molecule has 3 rings (SSSR count). The molecule has 0 amide bonds. The second-order valence-corrected chi connectivity index (χ2v) is 5.98. The van der Waals surface area contributed by atoms with Crippen LogP contribution in [-0.4, -0.2) is 32.1 Å². The van der Waals surface area contributed by atoms with Gasteiger partial charge in [-0.15, -0.1) is 0 Å². The van der Waals surface area contributed by atoms with Crippen LogP contribution in [0.25, 0.3) is 0 Å². The van der Waals surface area contributed by atoms with Gasteiger partial charge in [-0.25, -0.2) is 0 Å². The average Bonchev–Trinajstić information content (AvgIpc) is 2.59. The van der Waals surface area contributed by atoms with Gasteiger partial charge in [0, 0.05) is 19.3 Å². The molecule has 2 aliphatic rings. The predicted molar refractivity (Wildman–Crippen MR) is 84.6 cm³/mol. The lowest BCUT2D eigenvalue weighted by Crippen LogP contribution is -2.27. The molecule has 1 aromatic rings. The van der Waals surface area contributed by atoms with E-state index in [2.05, 4.69) is 0 Å². The summed E-state index contributed by atoms with van der Waals surface area (Å²) in [7, 11) is 0. The molecule has 2 heterocycles. The number of hydrogen-bond donors (Lipinski definition) is 0. The SMILES string of the molecule is O=CCc1ccc(OC2CCCCO2)c(OC2CCCCO2)c1. The third-order valence-electron chi connectivity index (χ3n) is 4.12. The minimum Gasteiger partial charge on any atom is -0.461 e. The van der Waals surface area contributed by atoms with E-state index in [-0.39, 0.29) is 12.6 Å². The van der Waals surface area contributed by atoms with Crippen molar-refractivity contribution < 1.29 is 23.7 Å². The van der Waals surface area contributed by atoms with Crippen molar-refractivity contribution in [1.82, 2.24) is 0 Å². The largest absolute Gasteiger partial charge is 0.461 e. The molecule has 5 heteroatoms. The highest BCUT2D eigenvalue weighted by molar-refractivity contribution is 5.56. The normalized spacial score (nSPS) is 24.9. The molecule has 126 valence electrons. The molecular weight excluding hydrogens is 296 g/mol. The van der Waals surface area contributed by atoms with Crippen molar-refractivity contribution in [1.29, 1.82) is 0 Å². The molecule has 2 unspecified atom stereocenters. The van der Waals surface area contributed by atoms with Crippen LogP contribution in [-0.2, 0) is 20.7 Å². The number of hydrogen-bond acceptors (Lipinski definition) is 5. The molecule has 0 N–H and O–H groups in total. The summed E-state index contributed by atoms with van der Waals surface area (Å²) in [6, 6.07) is 5.61. The van der Waals surface area contributed by atoms with Gasteiger partial charge in [-0.3, -0.25) is 0 Å². The first-order chi connectivity index (χ1) is 11.3. The summed E-state index contributed by atoms with van der Waals surface area (Å²) in [6.07, 6.45) is 6.90. The second-order valence-electron chi connectivity index (χ2n) is 5.98. The highest BCUT2D eigenvalue weighted by Crippen LogP contribution is 2.33. The first kappa shape index (κ1) is 16.3. The van der Waals surface area contributed by atoms with Crippen LogP contribution in [0.4, 0.5) is 0 Å². The summed E-state index contributed by atoms with van der Waals surface area (Å²) in [6.45, 7) is 1.45. The molecule has 2 atom stereocenters. The molecule has 2 aliphatic heterocycles. The van der Waals surface area contributed by atoms with Crippen molar-refractivity contribution >= 4 is 6.29 Å². The van der Waals surface area contributed by atoms with Gasteiger partial charge in [0.05, 0.1) is 13.2 Å². The Morgan fingerprint density at radius 3 is 2.17 bits per heavy atom. The van der Waals surface area contributed by atoms with Crippen LogP contribution in [0.2, 0.25) is 0 Å². The van der Waals surface area contributed by atoms with Crippen LogP contribution in [0.1, 0.15) is 44.1 Å². The van der Waals surface area contributed by atoms with E-state index in [0.717, 1.165) is 63.6 Å². The summed E-state index contributed by atoms with van der Waals surface area (Å²) in [5.74, 6) is 1.28. The average molecular weight is 320 g/mol. The fourth-order valence-corrected chi connectivity index (χ4v) is 2.86. The molecule has 0 spiro atoms. The Balaban J connectivity index is 1.73. The van der Waals surface area contributed by atoms with Gasteiger partial charge in [-0.05, 0) is 43.4 Å². The van der Waals surface area contributed by atoms with Gasteiger partial charge in [-0.2, -0.15) is 0 Å². The maximum Gasteiger partial charge on any atom is 0.200 e. The van der Waals surface area contributed by atoms with E-state index >= 15 is 0 Å². The molecule has 1 aromatic carbocycles. The first-order valence-electron chi connectivity index (χ1n) is 8.48. The van der Waals surface area contributed by atoms with Crippen LogP contribution < -0.4 is 9.47 Å². The van der Waals surface area contributed by atoms with Crippen LogP contribution in [0.3, 0.4) is 0 Å². The third-order valence-corrected chi connectivity index (χ3v) is 4.12. The van der Waals surface area contributed by atoms with E-state index < -0.39 is 0 Å². The van der Waals surface area contributed by atoms with Crippen LogP contribution in [0.5, 0.6) is 11.5 Å². The highest BCUT2D eigenvalue weighted by Gasteiger charge is 2.21. The lowest BCUT2D eigenvalue weighted by Gasteiger charge is -2.27. The molecule has 0 bridgehead atoms. The van der Waals surface area contributed by atoms with Gasteiger partial charge in [0.1, 0.15) is 6.29 Å². The molecule has 2 saturated heterocycles. The smallest absolute Gasteiger partial charge is 0.200 e. The third kappa shape index (κ3) is 4.69. The zero-order valence-corrected chi connectivity index (χ0v) is 13.4. The number of carbonyl (C=O) groups is 1. The van der Waals surface area contributed by atoms with Crippen LogP contribution in [0.15, 0.2) is 18.2 Å². The molecule has 0 aliphatic carbocycles. The molecule has 2 fully saturated rings. The molecular formula is C18H24O5. The van der Waals surface area contributed by atoms with Gasteiger partial charge < -0.3 is 23.7 Å². The fourth-order valence-electron chi connectivity index (χ4n) is 2.86. The number of rotatable bonds is 6. The van der Waals surface area contributed by atoms with Gasteiger partial charge >= 0.3 is 0 Å². The molecule has 0 saturated carbocycles. The van der Waals surface area contributed by atoms with Crippen molar-refractivity contribution in [2.45, 2.75) is 57.5 Å². The number of carbonyl (C=O) groups excluding carboxylic acids is 1. The van der Waals surface area contributed by atoms with Crippen LogP contribution in [0, 0.1) is 0 Å². The monoisotopic (exact) mass is 320 g/mol. The Morgan fingerprint density at radius 1 is 0.957 bits per heavy atom. The number of ether oxygens (including phenoxy) is 4. The van der Waals surface area contributed by atoms with Gasteiger partial charge in [-0.1, -0.05) is 6.07 Å². The van der Waals surface area contributed by atoms with Crippen molar-refractivity contribution in [3.63, 3.8) is 0 Å². The van der Waals surface area contributed by atoms with Gasteiger partial charge in [0.15, 0.2) is 24.1 Å². The van der Waals surface area contributed by atoms with Crippen molar-refractivity contribution in [2.75, 3.05) is 13.2 Å². The first-order valence-corrected chi connectivity index (χ1v) is 8.48. The minimum absolute atomic E-state index is 0.227. The summed E-state index contributed by atoms with van der Waals surface area (Å²) < 4.78 is 23.3. The Kier molecular flexibility index (Phi) is 5.88. The standard InChI is InChI=1S/C18H24O5/c19-10-9-14-7-8-15(22-17-5-1-3-11-20-17)16(13-14)23-18-6-2-4-12-21-18/h7-8,10,13,17-18H,1-6,9,11-12H2. The van der Waals surface area contributed by atoms with Gasteiger partial charge in [0.25, 0.3) is 0 Å². The zero-order chi connectivity index (χ0) is 15.9. The molecule has 5 nitrogen and oxygen atoms in total. The zero-order valence-electron chi connectivity index (χ0n) is 13.4. The minimum atomic E-state index is -0.246. The molecule has 23 heavy (non-hydrogen) atoms. The summed E-state index contributed by atoms with van der Waals surface area (Å²) in [5, 5.41) is 0. The van der Waals surface area contributed by atoms with Crippen LogP contribution >= 0.6 is 0 Å². The summed E-state index contributed by atoms with van der Waals surface area (Å²) >= 11 is 0. The van der Waals surface area contributed by atoms with E-state index in [9.17, 15) is 4.79 Å². The van der Waals surface area contributed by atoms with E-state index in [1.165, 1.54) is 0 Å². The van der Waals surface area contributed by atoms with Crippen molar-refractivity contribution in [2.24, 2.45) is 0 Å². The maximum absolute atomic E-state index is 10.8. The lowest BCUT2D eigenvalue weighted by atomic mass is 10.1. The number of benzene rings is 1. The van der Waals surface area contributed by atoms with Crippen molar-refractivity contribution in [3.8, 4) is 11.5 Å². The summed E-state index contributed by atoms with van der Waals surface area (Å²) in [4.78, 5) is 10.8. The Labute approximate surface area is 136 Å². The van der Waals surface area contributed by atoms with E-state index in [4.69, 9.17) is 18.9 Å². The van der Waals surface area contributed by atoms with Gasteiger partial charge in [0.2, 0.25) is 0 Å². The topological polar surface area (TPSA) is 54.0 Å².